The topological polar surface area (TPSA) is 81.4 Å². The van der Waals surface area contributed by atoms with Crippen molar-refractivity contribution in [2.45, 2.75) is 20.3 Å². The molecule has 0 saturated heterocycles. The SMILES string of the molecule is CC(C)CC(=O)Nc1ccc(OCC(N)=O)cc1. The number of nitrogens with two attached hydrogens (primary N) is 1. The van der Waals surface area contributed by atoms with E-state index in [2.05, 4.69) is 5.32 Å². The molecule has 0 aromatic heterocycles. The van der Waals surface area contributed by atoms with Crippen LogP contribution in [0.4, 0.5) is 5.69 Å². The molecule has 0 bridgehead atoms. The van der Waals surface area contributed by atoms with Crippen LogP contribution in [0.3, 0.4) is 0 Å². The summed E-state index contributed by atoms with van der Waals surface area (Å²) in [6, 6.07) is 6.78. The first-order valence-electron chi connectivity index (χ1n) is 5.78. The number of ether oxygens (including phenoxy) is 1. The van der Waals surface area contributed by atoms with E-state index in [1.54, 1.807) is 24.3 Å². The number of anilines is 1. The van der Waals surface area contributed by atoms with Gasteiger partial charge in [0.05, 0.1) is 0 Å². The molecular formula is C13H18N2O3. The van der Waals surface area contributed by atoms with Crippen LogP contribution >= 0.6 is 0 Å². The van der Waals surface area contributed by atoms with Gasteiger partial charge in [-0.25, -0.2) is 0 Å². The van der Waals surface area contributed by atoms with Crippen LogP contribution in [-0.2, 0) is 9.59 Å². The molecule has 0 unspecified atom stereocenters. The van der Waals surface area contributed by atoms with Gasteiger partial charge in [0.2, 0.25) is 5.91 Å². The summed E-state index contributed by atoms with van der Waals surface area (Å²) >= 11 is 0. The Morgan fingerprint density at radius 3 is 2.39 bits per heavy atom. The largest absolute Gasteiger partial charge is 0.484 e. The number of hydrogen-bond acceptors (Lipinski definition) is 3. The molecule has 0 heterocycles. The van der Waals surface area contributed by atoms with Crippen molar-refractivity contribution in [3.8, 4) is 5.75 Å². The Balaban J connectivity index is 2.49. The number of amides is 2. The van der Waals surface area contributed by atoms with Crippen LogP contribution < -0.4 is 15.8 Å². The summed E-state index contributed by atoms with van der Waals surface area (Å²) in [5.74, 6) is 0.318. The van der Waals surface area contributed by atoms with Crippen molar-refractivity contribution in [3.63, 3.8) is 0 Å². The van der Waals surface area contributed by atoms with E-state index < -0.39 is 5.91 Å². The summed E-state index contributed by atoms with van der Waals surface area (Å²) < 4.78 is 5.10. The third-order valence-electron chi connectivity index (χ3n) is 2.11. The molecule has 0 aliphatic heterocycles. The molecule has 98 valence electrons. The van der Waals surface area contributed by atoms with Gasteiger partial charge in [-0.15, -0.1) is 0 Å². The summed E-state index contributed by atoms with van der Waals surface area (Å²) in [4.78, 5) is 22.0. The molecule has 5 heteroatoms. The Morgan fingerprint density at radius 2 is 1.89 bits per heavy atom. The van der Waals surface area contributed by atoms with Crippen molar-refractivity contribution in [1.29, 1.82) is 0 Å². The minimum Gasteiger partial charge on any atom is -0.484 e. The van der Waals surface area contributed by atoms with Crippen molar-refractivity contribution >= 4 is 17.5 Å². The van der Waals surface area contributed by atoms with Crippen LogP contribution in [0.5, 0.6) is 5.75 Å². The Bertz CT molecular complexity index is 413. The van der Waals surface area contributed by atoms with E-state index in [0.717, 1.165) is 0 Å². The standard InChI is InChI=1S/C13H18N2O3/c1-9(2)7-13(17)15-10-3-5-11(6-4-10)18-8-12(14)16/h3-6,9H,7-8H2,1-2H3,(H2,14,16)(H,15,17). The number of rotatable bonds is 6. The summed E-state index contributed by atoms with van der Waals surface area (Å²) in [6.45, 7) is 3.82. The maximum absolute atomic E-state index is 11.5. The van der Waals surface area contributed by atoms with Crippen LogP contribution in [0.1, 0.15) is 20.3 Å². The average molecular weight is 250 g/mol. The molecule has 0 saturated carbocycles. The lowest BCUT2D eigenvalue weighted by Crippen LogP contribution is -2.20. The van der Waals surface area contributed by atoms with E-state index in [9.17, 15) is 9.59 Å². The lowest BCUT2D eigenvalue weighted by molar-refractivity contribution is -0.120. The Labute approximate surface area is 106 Å². The number of carbonyl (C=O) groups excluding carboxylic acids is 2. The van der Waals surface area contributed by atoms with E-state index in [1.807, 2.05) is 13.8 Å². The first kappa shape index (κ1) is 14.0. The molecule has 0 spiro atoms. The van der Waals surface area contributed by atoms with E-state index in [4.69, 9.17) is 10.5 Å². The molecule has 5 nitrogen and oxygen atoms in total. The van der Waals surface area contributed by atoms with Crippen molar-refractivity contribution < 1.29 is 14.3 Å². The highest BCUT2D eigenvalue weighted by Crippen LogP contribution is 2.16. The van der Waals surface area contributed by atoms with E-state index >= 15 is 0 Å². The molecule has 0 atom stereocenters. The van der Waals surface area contributed by atoms with Gasteiger partial charge in [-0.05, 0) is 30.2 Å². The van der Waals surface area contributed by atoms with Gasteiger partial charge >= 0.3 is 0 Å². The smallest absolute Gasteiger partial charge is 0.255 e. The van der Waals surface area contributed by atoms with E-state index in [-0.39, 0.29) is 12.5 Å². The van der Waals surface area contributed by atoms with Crippen LogP contribution in [0, 0.1) is 5.92 Å². The van der Waals surface area contributed by atoms with Gasteiger partial charge in [0.15, 0.2) is 6.61 Å². The Morgan fingerprint density at radius 1 is 1.28 bits per heavy atom. The molecule has 2 amide bonds. The molecule has 0 fully saturated rings. The second kappa shape index (κ2) is 6.64. The first-order valence-corrected chi connectivity index (χ1v) is 5.78. The van der Waals surface area contributed by atoms with Gasteiger partial charge < -0.3 is 15.8 Å². The predicted molar refractivity (Wildman–Crippen MR) is 69.2 cm³/mol. The fraction of sp³-hybridized carbons (Fsp3) is 0.385. The second-order valence-electron chi connectivity index (χ2n) is 4.43. The molecule has 1 aromatic carbocycles. The van der Waals surface area contributed by atoms with Gasteiger partial charge in [0.1, 0.15) is 5.75 Å². The maximum atomic E-state index is 11.5. The van der Waals surface area contributed by atoms with Gasteiger partial charge in [-0.2, -0.15) is 0 Å². The molecule has 0 radical (unpaired) electrons. The van der Waals surface area contributed by atoms with Crippen LogP contribution in [0.25, 0.3) is 0 Å². The zero-order chi connectivity index (χ0) is 13.5. The highest BCUT2D eigenvalue weighted by Gasteiger charge is 2.05. The fourth-order valence-corrected chi connectivity index (χ4v) is 1.37. The maximum Gasteiger partial charge on any atom is 0.255 e. The third-order valence-corrected chi connectivity index (χ3v) is 2.11. The van der Waals surface area contributed by atoms with E-state index in [1.165, 1.54) is 0 Å². The number of hydrogen-bond donors (Lipinski definition) is 2. The van der Waals surface area contributed by atoms with Gasteiger partial charge in [0.25, 0.3) is 5.91 Å². The number of primary amides is 1. The Hall–Kier alpha value is -2.04. The van der Waals surface area contributed by atoms with Crippen LogP contribution in [0.15, 0.2) is 24.3 Å². The summed E-state index contributed by atoms with van der Waals surface area (Å²) in [7, 11) is 0. The van der Waals surface area contributed by atoms with Gasteiger partial charge in [0, 0.05) is 12.1 Å². The quantitative estimate of drug-likeness (QED) is 0.803. The van der Waals surface area contributed by atoms with E-state index in [0.29, 0.717) is 23.8 Å². The minimum atomic E-state index is -0.524. The van der Waals surface area contributed by atoms with Crippen LogP contribution in [0.2, 0.25) is 0 Å². The molecule has 1 aromatic rings. The number of carbonyl (C=O) groups is 2. The molecule has 18 heavy (non-hydrogen) atoms. The zero-order valence-electron chi connectivity index (χ0n) is 10.6. The van der Waals surface area contributed by atoms with Crippen molar-refractivity contribution in [3.05, 3.63) is 24.3 Å². The van der Waals surface area contributed by atoms with Crippen LogP contribution in [-0.4, -0.2) is 18.4 Å². The summed E-state index contributed by atoms with van der Waals surface area (Å²) in [5, 5.41) is 2.78. The average Bonchev–Trinajstić information content (AvgIpc) is 2.26. The number of benzene rings is 1. The monoisotopic (exact) mass is 250 g/mol. The highest BCUT2D eigenvalue weighted by atomic mass is 16.5. The lowest BCUT2D eigenvalue weighted by atomic mass is 10.1. The highest BCUT2D eigenvalue weighted by molar-refractivity contribution is 5.90. The summed E-state index contributed by atoms with van der Waals surface area (Å²) in [6.07, 6.45) is 0.486. The first-order chi connectivity index (χ1) is 8.47. The molecular weight excluding hydrogens is 232 g/mol. The van der Waals surface area contributed by atoms with Gasteiger partial charge in [-0.1, -0.05) is 13.8 Å². The number of nitrogens with one attached hydrogen (secondary N) is 1. The molecule has 3 N–H and O–H groups in total. The minimum absolute atomic E-state index is 0.0178. The second-order valence-corrected chi connectivity index (χ2v) is 4.43. The summed E-state index contributed by atoms with van der Waals surface area (Å²) in [5.41, 5.74) is 5.66. The van der Waals surface area contributed by atoms with Crippen molar-refractivity contribution in [2.75, 3.05) is 11.9 Å². The Kier molecular flexibility index (Phi) is 5.17. The van der Waals surface area contributed by atoms with Gasteiger partial charge in [-0.3, -0.25) is 9.59 Å². The molecule has 0 aliphatic rings. The third kappa shape index (κ3) is 5.34. The van der Waals surface area contributed by atoms with Crippen molar-refractivity contribution in [2.24, 2.45) is 11.7 Å². The fourth-order valence-electron chi connectivity index (χ4n) is 1.37. The normalized spacial score (nSPS) is 10.2. The molecule has 1 rings (SSSR count). The lowest BCUT2D eigenvalue weighted by Gasteiger charge is -2.08. The van der Waals surface area contributed by atoms with Crippen molar-refractivity contribution in [1.82, 2.24) is 0 Å². The predicted octanol–water partition coefficient (Wildman–Crippen LogP) is 1.54. The molecule has 0 aliphatic carbocycles. The zero-order valence-corrected chi connectivity index (χ0v) is 10.6.